The SMILES string of the molecule is CC(C)CNC(=O)[C@H](Cc1ccccc1)N(Cc1ccc(Br)cc1)C(=O)CN(c1ccccc1Cl)S(=O)(=O)c1ccccc1. The highest BCUT2D eigenvalue weighted by atomic mass is 79.9. The molecule has 0 saturated heterocycles. The van der Waals surface area contributed by atoms with Crippen molar-refractivity contribution in [3.05, 3.63) is 130 Å². The van der Waals surface area contributed by atoms with E-state index in [1.54, 1.807) is 42.5 Å². The number of hydrogen-bond donors (Lipinski definition) is 1. The summed E-state index contributed by atoms with van der Waals surface area (Å²) in [7, 11) is -4.22. The van der Waals surface area contributed by atoms with Gasteiger partial charge in [0.05, 0.1) is 15.6 Å². The number of halogens is 2. The monoisotopic (exact) mass is 695 g/mol. The normalized spacial score (nSPS) is 12.0. The molecule has 10 heteroatoms. The summed E-state index contributed by atoms with van der Waals surface area (Å²) in [4.78, 5) is 29.7. The number of para-hydroxylation sites is 1. The van der Waals surface area contributed by atoms with Crippen LogP contribution in [-0.4, -0.2) is 44.3 Å². The van der Waals surface area contributed by atoms with Crippen LogP contribution in [0.5, 0.6) is 0 Å². The van der Waals surface area contributed by atoms with E-state index in [1.807, 2.05) is 68.4 Å². The molecule has 0 radical (unpaired) electrons. The molecule has 0 heterocycles. The lowest BCUT2D eigenvalue weighted by Crippen LogP contribution is -2.53. The zero-order valence-corrected chi connectivity index (χ0v) is 27.7. The Morgan fingerprint density at radius 1 is 0.818 bits per heavy atom. The zero-order chi connectivity index (χ0) is 31.7. The number of rotatable bonds is 13. The van der Waals surface area contributed by atoms with Crippen molar-refractivity contribution in [2.75, 3.05) is 17.4 Å². The van der Waals surface area contributed by atoms with Crippen molar-refractivity contribution < 1.29 is 18.0 Å². The van der Waals surface area contributed by atoms with Crippen LogP contribution in [0.2, 0.25) is 5.02 Å². The van der Waals surface area contributed by atoms with E-state index >= 15 is 0 Å². The van der Waals surface area contributed by atoms with E-state index in [1.165, 1.54) is 17.0 Å². The summed E-state index contributed by atoms with van der Waals surface area (Å²) in [5.41, 5.74) is 1.82. The first-order valence-electron chi connectivity index (χ1n) is 14.2. The molecule has 0 aliphatic carbocycles. The van der Waals surface area contributed by atoms with Gasteiger partial charge in [0.25, 0.3) is 10.0 Å². The Kier molecular flexibility index (Phi) is 11.6. The van der Waals surface area contributed by atoms with Crippen LogP contribution in [-0.2, 0) is 32.6 Å². The molecular weight excluding hydrogens is 662 g/mol. The van der Waals surface area contributed by atoms with Gasteiger partial charge >= 0.3 is 0 Å². The van der Waals surface area contributed by atoms with Gasteiger partial charge in [-0.1, -0.05) is 114 Å². The molecule has 1 N–H and O–H groups in total. The third-order valence-corrected chi connectivity index (χ3v) is 9.58. The quantitative estimate of drug-likeness (QED) is 0.168. The molecule has 0 bridgehead atoms. The fourth-order valence-corrected chi connectivity index (χ4v) is 6.66. The Labute approximate surface area is 273 Å². The number of carbonyl (C=O) groups excluding carboxylic acids is 2. The number of amides is 2. The lowest BCUT2D eigenvalue weighted by molar-refractivity contribution is -0.140. The van der Waals surface area contributed by atoms with Crippen molar-refractivity contribution in [3.8, 4) is 0 Å². The Hall–Kier alpha value is -3.66. The summed E-state index contributed by atoms with van der Waals surface area (Å²) >= 11 is 9.96. The Bertz CT molecular complexity index is 1650. The maximum absolute atomic E-state index is 14.4. The summed E-state index contributed by atoms with van der Waals surface area (Å²) in [5, 5.41) is 3.17. The van der Waals surface area contributed by atoms with Crippen LogP contribution in [0.4, 0.5) is 5.69 Å². The van der Waals surface area contributed by atoms with E-state index < -0.39 is 28.5 Å². The molecular formula is C34H35BrClN3O4S. The number of nitrogens with one attached hydrogen (secondary N) is 1. The first kappa shape index (κ1) is 33.2. The minimum absolute atomic E-state index is 0.0164. The van der Waals surface area contributed by atoms with Crippen LogP contribution in [0.3, 0.4) is 0 Å². The largest absolute Gasteiger partial charge is 0.354 e. The molecule has 2 amide bonds. The van der Waals surface area contributed by atoms with E-state index in [-0.39, 0.29) is 40.4 Å². The smallest absolute Gasteiger partial charge is 0.264 e. The molecule has 0 unspecified atom stereocenters. The van der Waals surface area contributed by atoms with Crippen molar-refractivity contribution in [1.82, 2.24) is 10.2 Å². The second kappa shape index (κ2) is 15.4. The molecule has 0 aromatic heterocycles. The maximum Gasteiger partial charge on any atom is 0.264 e. The van der Waals surface area contributed by atoms with Crippen LogP contribution in [0.1, 0.15) is 25.0 Å². The molecule has 230 valence electrons. The number of nitrogens with zero attached hydrogens (tertiary/aromatic N) is 2. The predicted molar refractivity (Wildman–Crippen MR) is 179 cm³/mol. The van der Waals surface area contributed by atoms with Gasteiger partial charge in [0.1, 0.15) is 12.6 Å². The molecule has 4 rings (SSSR count). The van der Waals surface area contributed by atoms with Crippen molar-refractivity contribution in [3.63, 3.8) is 0 Å². The first-order chi connectivity index (χ1) is 21.1. The molecule has 7 nitrogen and oxygen atoms in total. The fourth-order valence-electron chi connectivity index (χ4n) is 4.65. The third-order valence-electron chi connectivity index (χ3n) is 6.95. The number of benzene rings is 4. The van der Waals surface area contributed by atoms with Gasteiger partial charge in [-0.3, -0.25) is 13.9 Å². The lowest BCUT2D eigenvalue weighted by Gasteiger charge is -2.34. The number of hydrogen-bond acceptors (Lipinski definition) is 4. The molecule has 0 fully saturated rings. The summed E-state index contributed by atoms with van der Waals surface area (Å²) in [6, 6.07) is 30.4. The van der Waals surface area contributed by atoms with Crippen LogP contribution < -0.4 is 9.62 Å². The number of sulfonamides is 1. The third kappa shape index (κ3) is 8.71. The summed E-state index contributed by atoms with van der Waals surface area (Å²) < 4.78 is 29.9. The fraction of sp³-hybridized carbons (Fsp3) is 0.235. The first-order valence-corrected chi connectivity index (χ1v) is 16.8. The molecule has 0 aliphatic rings. The van der Waals surface area contributed by atoms with Crippen molar-refractivity contribution in [2.45, 2.75) is 37.8 Å². The molecule has 4 aromatic rings. The standard InChI is InChI=1S/C34H35BrClN3O4S/c1-25(2)22-37-34(41)32(21-26-11-5-3-6-12-26)38(23-27-17-19-28(35)20-18-27)33(40)24-39(31-16-10-9-15-30(31)36)44(42,43)29-13-7-4-8-14-29/h3-20,25,32H,21-24H2,1-2H3,(H,37,41)/t32-/m0/s1. The lowest BCUT2D eigenvalue weighted by atomic mass is 10.0. The van der Waals surface area contributed by atoms with Gasteiger partial charge in [0, 0.05) is 24.0 Å². The highest BCUT2D eigenvalue weighted by Crippen LogP contribution is 2.31. The second-order valence-electron chi connectivity index (χ2n) is 10.8. The minimum atomic E-state index is -4.22. The zero-order valence-electron chi connectivity index (χ0n) is 24.6. The Morgan fingerprint density at radius 3 is 2.02 bits per heavy atom. The van der Waals surface area contributed by atoms with Crippen molar-refractivity contribution in [1.29, 1.82) is 0 Å². The van der Waals surface area contributed by atoms with Gasteiger partial charge in [0.2, 0.25) is 11.8 Å². The Morgan fingerprint density at radius 2 is 1.41 bits per heavy atom. The van der Waals surface area contributed by atoms with Crippen molar-refractivity contribution in [2.24, 2.45) is 5.92 Å². The average Bonchev–Trinajstić information content (AvgIpc) is 3.02. The van der Waals surface area contributed by atoms with E-state index in [2.05, 4.69) is 21.2 Å². The molecule has 4 aromatic carbocycles. The van der Waals surface area contributed by atoms with Crippen LogP contribution in [0.25, 0.3) is 0 Å². The topological polar surface area (TPSA) is 86.8 Å². The summed E-state index contributed by atoms with van der Waals surface area (Å²) in [5.74, 6) is -0.671. The summed E-state index contributed by atoms with van der Waals surface area (Å²) in [6.45, 7) is 3.93. The summed E-state index contributed by atoms with van der Waals surface area (Å²) in [6.07, 6.45) is 0.241. The van der Waals surface area contributed by atoms with Gasteiger partial charge in [0.15, 0.2) is 0 Å². The van der Waals surface area contributed by atoms with E-state index in [0.717, 1.165) is 19.9 Å². The predicted octanol–water partition coefficient (Wildman–Crippen LogP) is 6.71. The van der Waals surface area contributed by atoms with Gasteiger partial charge in [-0.15, -0.1) is 0 Å². The van der Waals surface area contributed by atoms with E-state index in [0.29, 0.717) is 6.54 Å². The average molecular weight is 697 g/mol. The maximum atomic E-state index is 14.4. The van der Waals surface area contributed by atoms with Gasteiger partial charge in [-0.2, -0.15) is 0 Å². The Balaban J connectivity index is 1.79. The van der Waals surface area contributed by atoms with Gasteiger partial charge in [-0.25, -0.2) is 8.42 Å². The highest BCUT2D eigenvalue weighted by molar-refractivity contribution is 9.10. The van der Waals surface area contributed by atoms with Crippen LogP contribution in [0, 0.1) is 5.92 Å². The number of anilines is 1. The van der Waals surface area contributed by atoms with Gasteiger partial charge in [-0.05, 0) is 53.4 Å². The van der Waals surface area contributed by atoms with Gasteiger partial charge < -0.3 is 10.2 Å². The molecule has 44 heavy (non-hydrogen) atoms. The minimum Gasteiger partial charge on any atom is -0.354 e. The van der Waals surface area contributed by atoms with E-state index in [9.17, 15) is 18.0 Å². The second-order valence-corrected chi connectivity index (χ2v) is 14.0. The van der Waals surface area contributed by atoms with Crippen LogP contribution in [0.15, 0.2) is 119 Å². The van der Waals surface area contributed by atoms with Crippen LogP contribution >= 0.6 is 27.5 Å². The molecule has 0 saturated carbocycles. The highest BCUT2D eigenvalue weighted by Gasteiger charge is 2.35. The molecule has 1 atom stereocenters. The van der Waals surface area contributed by atoms with E-state index in [4.69, 9.17) is 11.6 Å². The van der Waals surface area contributed by atoms with Crippen molar-refractivity contribution >= 4 is 55.1 Å². The molecule has 0 spiro atoms. The number of carbonyl (C=O) groups is 2. The molecule has 0 aliphatic heterocycles.